The van der Waals surface area contributed by atoms with Gasteiger partial charge in [-0.15, -0.1) is 0 Å². The van der Waals surface area contributed by atoms with Crippen molar-refractivity contribution in [3.63, 3.8) is 0 Å². The van der Waals surface area contributed by atoms with Crippen molar-refractivity contribution in [2.45, 2.75) is 44.6 Å². The van der Waals surface area contributed by atoms with Crippen LogP contribution in [0.5, 0.6) is 0 Å². The van der Waals surface area contributed by atoms with E-state index in [0.717, 1.165) is 25.8 Å². The minimum atomic E-state index is 0.191. The molecule has 2 fully saturated rings. The van der Waals surface area contributed by atoms with E-state index in [1.807, 2.05) is 18.2 Å². The molecule has 0 aliphatic heterocycles. The topological polar surface area (TPSA) is 55.1 Å². The minimum absolute atomic E-state index is 0.191. The van der Waals surface area contributed by atoms with Crippen LogP contribution >= 0.6 is 0 Å². The number of nitrogens with two attached hydrogens (primary N) is 1. The van der Waals surface area contributed by atoms with Crippen LogP contribution in [0.3, 0.4) is 0 Å². The molecular weight excluding hydrogens is 260 g/mol. The SMILES string of the molecule is NC1C2CCCC1CC(C(=O)NCCc1ccccc1)C2. The smallest absolute Gasteiger partial charge is 0.223 e. The molecule has 1 amide bonds. The lowest BCUT2D eigenvalue weighted by atomic mass is 9.65. The summed E-state index contributed by atoms with van der Waals surface area (Å²) in [6.07, 6.45) is 6.62. The summed E-state index contributed by atoms with van der Waals surface area (Å²) in [4.78, 5) is 12.4. The van der Waals surface area contributed by atoms with Gasteiger partial charge in [0.2, 0.25) is 5.91 Å². The molecule has 2 aliphatic carbocycles. The molecule has 3 rings (SSSR count). The summed E-state index contributed by atoms with van der Waals surface area (Å²) in [7, 11) is 0. The lowest BCUT2D eigenvalue weighted by Crippen LogP contribution is -2.49. The third kappa shape index (κ3) is 3.46. The average molecular weight is 286 g/mol. The van der Waals surface area contributed by atoms with E-state index in [9.17, 15) is 4.79 Å². The summed E-state index contributed by atoms with van der Waals surface area (Å²) in [5, 5.41) is 3.13. The summed E-state index contributed by atoms with van der Waals surface area (Å²) in [5.74, 6) is 1.58. The van der Waals surface area contributed by atoms with Gasteiger partial charge in [0.05, 0.1) is 0 Å². The molecule has 0 spiro atoms. The number of fused-ring (bicyclic) bond motifs is 2. The zero-order chi connectivity index (χ0) is 14.7. The first-order valence-electron chi connectivity index (χ1n) is 8.31. The molecule has 0 heterocycles. The first-order valence-corrected chi connectivity index (χ1v) is 8.31. The maximum atomic E-state index is 12.4. The summed E-state index contributed by atoms with van der Waals surface area (Å²) < 4.78 is 0. The maximum Gasteiger partial charge on any atom is 0.223 e. The molecule has 3 N–H and O–H groups in total. The Labute approximate surface area is 127 Å². The fraction of sp³-hybridized carbons (Fsp3) is 0.611. The van der Waals surface area contributed by atoms with Gasteiger partial charge in [0, 0.05) is 18.5 Å². The van der Waals surface area contributed by atoms with Gasteiger partial charge in [-0.25, -0.2) is 0 Å². The molecule has 2 bridgehead atoms. The summed E-state index contributed by atoms with van der Waals surface area (Å²) in [6, 6.07) is 10.7. The van der Waals surface area contributed by atoms with Crippen molar-refractivity contribution in [3.8, 4) is 0 Å². The van der Waals surface area contributed by atoms with Gasteiger partial charge in [-0.2, -0.15) is 0 Å². The molecule has 2 unspecified atom stereocenters. The van der Waals surface area contributed by atoms with Crippen LogP contribution in [0.1, 0.15) is 37.7 Å². The van der Waals surface area contributed by atoms with E-state index in [4.69, 9.17) is 5.73 Å². The molecule has 114 valence electrons. The van der Waals surface area contributed by atoms with E-state index in [1.165, 1.54) is 24.8 Å². The number of benzene rings is 1. The number of amides is 1. The summed E-state index contributed by atoms with van der Waals surface area (Å²) >= 11 is 0. The van der Waals surface area contributed by atoms with Gasteiger partial charge >= 0.3 is 0 Å². The van der Waals surface area contributed by atoms with Crippen molar-refractivity contribution in [1.29, 1.82) is 0 Å². The van der Waals surface area contributed by atoms with Crippen LogP contribution in [-0.4, -0.2) is 18.5 Å². The fourth-order valence-corrected chi connectivity index (χ4v) is 4.12. The van der Waals surface area contributed by atoms with Crippen LogP contribution < -0.4 is 11.1 Å². The maximum absolute atomic E-state index is 12.4. The summed E-state index contributed by atoms with van der Waals surface area (Å²) in [6.45, 7) is 0.737. The highest BCUT2D eigenvalue weighted by atomic mass is 16.1. The van der Waals surface area contributed by atoms with Crippen molar-refractivity contribution < 1.29 is 4.79 Å². The predicted octanol–water partition coefficient (Wildman–Crippen LogP) is 2.50. The Morgan fingerprint density at radius 1 is 1.14 bits per heavy atom. The monoisotopic (exact) mass is 286 g/mol. The lowest BCUT2D eigenvalue weighted by Gasteiger charge is -2.43. The zero-order valence-electron chi connectivity index (χ0n) is 12.6. The summed E-state index contributed by atoms with van der Waals surface area (Å²) in [5.41, 5.74) is 7.57. The van der Waals surface area contributed by atoms with E-state index in [2.05, 4.69) is 17.4 Å². The zero-order valence-corrected chi connectivity index (χ0v) is 12.6. The third-order valence-corrected chi connectivity index (χ3v) is 5.34. The van der Waals surface area contributed by atoms with Gasteiger partial charge < -0.3 is 11.1 Å². The van der Waals surface area contributed by atoms with Crippen molar-refractivity contribution in [1.82, 2.24) is 5.32 Å². The van der Waals surface area contributed by atoms with Crippen LogP contribution in [0.15, 0.2) is 30.3 Å². The standard InChI is InChI=1S/C18H26N2O/c19-17-14-7-4-8-15(17)12-16(11-14)18(21)20-10-9-13-5-2-1-3-6-13/h1-3,5-6,14-17H,4,7-12,19H2,(H,20,21). The highest BCUT2D eigenvalue weighted by molar-refractivity contribution is 5.78. The number of nitrogens with one attached hydrogen (secondary N) is 1. The van der Waals surface area contributed by atoms with Crippen molar-refractivity contribution >= 4 is 5.91 Å². The number of rotatable bonds is 4. The Kier molecular flexibility index (Phi) is 4.59. The van der Waals surface area contributed by atoms with Crippen molar-refractivity contribution in [3.05, 3.63) is 35.9 Å². The number of carbonyl (C=O) groups excluding carboxylic acids is 1. The highest BCUT2D eigenvalue weighted by Crippen LogP contribution is 2.41. The first-order chi connectivity index (χ1) is 10.2. The molecule has 3 heteroatoms. The highest BCUT2D eigenvalue weighted by Gasteiger charge is 2.40. The molecule has 1 aromatic carbocycles. The fourth-order valence-electron chi connectivity index (χ4n) is 4.12. The van der Waals surface area contributed by atoms with Gasteiger partial charge in [0.1, 0.15) is 0 Å². The van der Waals surface area contributed by atoms with Gasteiger partial charge in [-0.05, 0) is 49.5 Å². The molecule has 0 radical (unpaired) electrons. The van der Waals surface area contributed by atoms with Gasteiger partial charge in [0.15, 0.2) is 0 Å². The molecule has 1 aromatic rings. The normalized spacial score (nSPS) is 31.7. The van der Waals surface area contributed by atoms with E-state index < -0.39 is 0 Å². The predicted molar refractivity (Wildman–Crippen MR) is 84.7 cm³/mol. The van der Waals surface area contributed by atoms with Crippen LogP contribution in [0.25, 0.3) is 0 Å². The van der Waals surface area contributed by atoms with Crippen LogP contribution in [0.4, 0.5) is 0 Å². The molecule has 21 heavy (non-hydrogen) atoms. The van der Waals surface area contributed by atoms with Crippen molar-refractivity contribution in [2.75, 3.05) is 6.54 Å². The number of hydrogen-bond donors (Lipinski definition) is 2. The molecule has 2 aliphatic rings. The van der Waals surface area contributed by atoms with Crippen molar-refractivity contribution in [2.24, 2.45) is 23.5 Å². The van der Waals surface area contributed by atoms with Crippen LogP contribution in [-0.2, 0) is 11.2 Å². The number of hydrogen-bond acceptors (Lipinski definition) is 2. The van der Waals surface area contributed by atoms with E-state index in [-0.39, 0.29) is 11.8 Å². The lowest BCUT2D eigenvalue weighted by molar-refractivity contribution is -0.127. The van der Waals surface area contributed by atoms with E-state index >= 15 is 0 Å². The second-order valence-electron chi connectivity index (χ2n) is 6.72. The van der Waals surface area contributed by atoms with Gasteiger partial charge in [-0.3, -0.25) is 4.79 Å². The minimum Gasteiger partial charge on any atom is -0.356 e. The molecule has 2 atom stereocenters. The second-order valence-corrected chi connectivity index (χ2v) is 6.72. The Balaban J connectivity index is 1.47. The Morgan fingerprint density at radius 3 is 2.48 bits per heavy atom. The second kappa shape index (κ2) is 6.61. The Bertz CT molecular complexity index is 459. The molecule has 3 nitrogen and oxygen atoms in total. The molecule has 2 saturated carbocycles. The third-order valence-electron chi connectivity index (χ3n) is 5.34. The van der Waals surface area contributed by atoms with Gasteiger partial charge in [0.25, 0.3) is 0 Å². The quantitative estimate of drug-likeness (QED) is 0.893. The van der Waals surface area contributed by atoms with Gasteiger partial charge in [-0.1, -0.05) is 36.8 Å². The number of carbonyl (C=O) groups is 1. The largest absolute Gasteiger partial charge is 0.356 e. The van der Waals surface area contributed by atoms with E-state index in [0.29, 0.717) is 17.9 Å². The molecule has 0 aromatic heterocycles. The van der Waals surface area contributed by atoms with Crippen LogP contribution in [0.2, 0.25) is 0 Å². The van der Waals surface area contributed by atoms with E-state index in [1.54, 1.807) is 0 Å². The Hall–Kier alpha value is -1.35. The Morgan fingerprint density at radius 2 is 1.81 bits per heavy atom. The average Bonchev–Trinajstić information content (AvgIpc) is 2.48. The first kappa shape index (κ1) is 14.6. The molecular formula is C18H26N2O. The van der Waals surface area contributed by atoms with Crippen LogP contribution in [0, 0.1) is 17.8 Å². The molecule has 0 saturated heterocycles.